The van der Waals surface area contributed by atoms with Crippen molar-refractivity contribution >= 4 is 62.3 Å². The second-order valence-corrected chi connectivity index (χ2v) is 14.1. The van der Waals surface area contributed by atoms with Gasteiger partial charge >= 0.3 is 0 Å². The number of nitrogens with one attached hydrogen (secondary N) is 1. The Hall–Kier alpha value is -2.78. The molecule has 1 aliphatic rings. The van der Waals surface area contributed by atoms with Crippen LogP contribution in [-0.4, -0.2) is 43.8 Å². The molecule has 1 atom stereocenters. The van der Waals surface area contributed by atoms with Gasteiger partial charge in [0.15, 0.2) is 0 Å². The van der Waals surface area contributed by atoms with Gasteiger partial charge in [-0.25, -0.2) is 8.42 Å². The van der Waals surface area contributed by atoms with Crippen LogP contribution in [0.4, 0.5) is 5.69 Å². The van der Waals surface area contributed by atoms with Crippen LogP contribution in [0.3, 0.4) is 0 Å². The van der Waals surface area contributed by atoms with Crippen LogP contribution in [-0.2, 0) is 26.2 Å². The molecule has 0 spiro atoms. The summed E-state index contributed by atoms with van der Waals surface area (Å²) < 4.78 is 29.2. The number of amides is 2. The summed E-state index contributed by atoms with van der Waals surface area (Å²) in [5.41, 5.74) is 2.24. The fourth-order valence-corrected chi connectivity index (χ4v) is 7.31. The van der Waals surface area contributed by atoms with Gasteiger partial charge in [-0.3, -0.25) is 13.9 Å². The van der Waals surface area contributed by atoms with Gasteiger partial charge in [-0.05, 0) is 81.1 Å². The number of sulfonamides is 1. The maximum absolute atomic E-state index is 14.2. The van der Waals surface area contributed by atoms with Gasteiger partial charge in [0.25, 0.3) is 10.0 Å². The molecular weight excluding hydrogens is 629 g/mol. The van der Waals surface area contributed by atoms with E-state index in [4.69, 9.17) is 34.8 Å². The Kier molecular flexibility index (Phi) is 11.0. The monoisotopic (exact) mass is 663 g/mol. The summed E-state index contributed by atoms with van der Waals surface area (Å²) in [6, 6.07) is 15.4. The van der Waals surface area contributed by atoms with E-state index in [1.54, 1.807) is 62.4 Å². The molecule has 3 aromatic carbocycles. The molecule has 0 unspecified atom stereocenters. The number of aryl methyl sites for hydroxylation is 1. The van der Waals surface area contributed by atoms with Crippen LogP contribution in [0, 0.1) is 13.8 Å². The molecule has 0 radical (unpaired) electrons. The smallest absolute Gasteiger partial charge is 0.264 e. The van der Waals surface area contributed by atoms with Crippen molar-refractivity contribution in [3.8, 4) is 0 Å². The molecule has 3 aromatic rings. The summed E-state index contributed by atoms with van der Waals surface area (Å²) in [4.78, 5) is 29.1. The summed E-state index contributed by atoms with van der Waals surface area (Å²) in [7, 11) is -4.21. The molecule has 11 heteroatoms. The molecule has 230 valence electrons. The minimum absolute atomic E-state index is 0.0267. The molecular formula is C32H36Cl3N3O4S. The Morgan fingerprint density at radius 2 is 1.60 bits per heavy atom. The lowest BCUT2D eigenvalue weighted by atomic mass is 9.95. The molecule has 1 fully saturated rings. The Morgan fingerprint density at radius 3 is 2.26 bits per heavy atom. The van der Waals surface area contributed by atoms with Gasteiger partial charge < -0.3 is 10.2 Å². The molecule has 4 rings (SSSR count). The van der Waals surface area contributed by atoms with Crippen molar-refractivity contribution in [1.82, 2.24) is 10.2 Å². The minimum Gasteiger partial charge on any atom is -0.352 e. The summed E-state index contributed by atoms with van der Waals surface area (Å²) in [5, 5.41) is 4.22. The lowest BCUT2D eigenvalue weighted by molar-refractivity contribution is -0.139. The predicted octanol–water partition coefficient (Wildman–Crippen LogP) is 7.33. The lowest BCUT2D eigenvalue weighted by Crippen LogP contribution is -2.53. The molecule has 2 amide bonds. The zero-order valence-corrected chi connectivity index (χ0v) is 27.5. The molecule has 1 N–H and O–H groups in total. The molecule has 7 nitrogen and oxygen atoms in total. The fourth-order valence-electron chi connectivity index (χ4n) is 5.20. The van der Waals surface area contributed by atoms with Gasteiger partial charge in [-0.15, -0.1) is 0 Å². The zero-order valence-electron chi connectivity index (χ0n) is 24.4. The van der Waals surface area contributed by atoms with Crippen LogP contribution < -0.4 is 9.62 Å². The van der Waals surface area contributed by atoms with Gasteiger partial charge in [0.1, 0.15) is 12.6 Å². The van der Waals surface area contributed by atoms with Crippen LogP contribution in [0.2, 0.25) is 15.1 Å². The molecule has 0 aliphatic heterocycles. The summed E-state index contributed by atoms with van der Waals surface area (Å²) in [6.45, 7) is 4.61. The van der Waals surface area contributed by atoms with Crippen LogP contribution in [0.5, 0.6) is 0 Å². The number of hydrogen-bond acceptors (Lipinski definition) is 4. The first-order valence-electron chi connectivity index (χ1n) is 14.3. The van der Waals surface area contributed by atoms with Gasteiger partial charge in [-0.2, -0.15) is 0 Å². The molecule has 0 saturated heterocycles. The van der Waals surface area contributed by atoms with Crippen LogP contribution >= 0.6 is 34.8 Å². The predicted molar refractivity (Wildman–Crippen MR) is 173 cm³/mol. The number of rotatable bonds is 10. The van der Waals surface area contributed by atoms with Gasteiger partial charge in [-0.1, -0.05) is 83.9 Å². The largest absolute Gasteiger partial charge is 0.352 e. The van der Waals surface area contributed by atoms with Crippen molar-refractivity contribution in [2.75, 3.05) is 10.8 Å². The first-order valence-corrected chi connectivity index (χ1v) is 16.8. The number of carbonyl (C=O) groups excluding carboxylic acids is 2. The second kappa shape index (κ2) is 14.3. The summed E-state index contributed by atoms with van der Waals surface area (Å²) in [6.07, 6.45) is 4.97. The van der Waals surface area contributed by atoms with Crippen LogP contribution in [0.25, 0.3) is 0 Å². The van der Waals surface area contributed by atoms with E-state index in [-0.39, 0.29) is 29.1 Å². The van der Waals surface area contributed by atoms with Crippen LogP contribution in [0.1, 0.15) is 55.7 Å². The van der Waals surface area contributed by atoms with E-state index in [1.165, 1.54) is 17.0 Å². The standard InChI is InChI=1S/C32H36Cl3N3O4S/c1-21-12-16-27(17-13-21)43(41,42)38(30-11-7-10-28(34)22(30)2)20-31(39)37(19-24-14-15-25(33)18-29(24)35)23(3)32(40)36-26-8-5-4-6-9-26/h7,10-18,23,26H,4-6,8-9,19-20H2,1-3H3,(H,36,40)/t23-/m1/s1. The van der Waals surface area contributed by atoms with E-state index in [2.05, 4.69) is 5.32 Å². The quantitative estimate of drug-likeness (QED) is 0.246. The van der Waals surface area contributed by atoms with Crippen molar-refractivity contribution in [3.63, 3.8) is 0 Å². The van der Waals surface area contributed by atoms with E-state index in [9.17, 15) is 18.0 Å². The molecule has 0 aromatic heterocycles. The minimum atomic E-state index is -4.21. The van der Waals surface area contributed by atoms with Crippen molar-refractivity contribution in [2.24, 2.45) is 0 Å². The van der Waals surface area contributed by atoms with E-state index < -0.39 is 28.5 Å². The summed E-state index contributed by atoms with van der Waals surface area (Å²) in [5.74, 6) is -0.885. The number of carbonyl (C=O) groups is 2. The third kappa shape index (κ3) is 8.04. The second-order valence-electron chi connectivity index (χ2n) is 11.0. The van der Waals surface area contributed by atoms with Crippen molar-refractivity contribution in [2.45, 2.75) is 76.4 Å². The highest BCUT2D eigenvalue weighted by Crippen LogP contribution is 2.32. The third-order valence-corrected chi connectivity index (χ3v) is 10.6. The number of halogens is 3. The Bertz CT molecular complexity index is 1580. The highest BCUT2D eigenvalue weighted by atomic mass is 35.5. The normalized spacial score (nSPS) is 14.7. The van der Waals surface area contributed by atoms with Gasteiger partial charge in [0.05, 0.1) is 10.6 Å². The number of hydrogen-bond donors (Lipinski definition) is 1. The molecule has 0 bridgehead atoms. The van der Waals surface area contributed by atoms with Gasteiger partial charge in [0.2, 0.25) is 11.8 Å². The van der Waals surface area contributed by atoms with Crippen molar-refractivity contribution in [3.05, 3.63) is 92.4 Å². The highest BCUT2D eigenvalue weighted by Gasteiger charge is 2.34. The Morgan fingerprint density at radius 1 is 0.930 bits per heavy atom. The molecule has 1 aliphatic carbocycles. The van der Waals surface area contributed by atoms with E-state index in [0.717, 1.165) is 42.0 Å². The van der Waals surface area contributed by atoms with E-state index in [0.29, 0.717) is 26.2 Å². The zero-order chi connectivity index (χ0) is 31.3. The topological polar surface area (TPSA) is 86.8 Å². The van der Waals surface area contributed by atoms with E-state index in [1.807, 2.05) is 6.92 Å². The maximum Gasteiger partial charge on any atom is 0.264 e. The number of anilines is 1. The van der Waals surface area contributed by atoms with Crippen molar-refractivity contribution < 1.29 is 18.0 Å². The first kappa shape index (κ1) is 33.1. The van der Waals surface area contributed by atoms with Crippen LogP contribution in [0.15, 0.2) is 65.6 Å². The highest BCUT2D eigenvalue weighted by molar-refractivity contribution is 7.92. The number of benzene rings is 3. The Balaban J connectivity index is 1.73. The molecule has 1 saturated carbocycles. The first-order chi connectivity index (χ1) is 20.4. The lowest BCUT2D eigenvalue weighted by Gasteiger charge is -2.33. The maximum atomic E-state index is 14.2. The Labute approximate surface area is 269 Å². The third-order valence-electron chi connectivity index (χ3n) is 7.87. The van der Waals surface area contributed by atoms with Gasteiger partial charge in [0, 0.05) is 27.7 Å². The average molecular weight is 665 g/mol. The fraction of sp³-hybridized carbons (Fsp3) is 0.375. The molecule has 0 heterocycles. The van der Waals surface area contributed by atoms with Crippen molar-refractivity contribution in [1.29, 1.82) is 0 Å². The molecule has 43 heavy (non-hydrogen) atoms. The van der Waals surface area contributed by atoms with E-state index >= 15 is 0 Å². The average Bonchev–Trinajstić information content (AvgIpc) is 2.97. The number of nitrogens with zero attached hydrogens (tertiary/aromatic N) is 2. The summed E-state index contributed by atoms with van der Waals surface area (Å²) >= 11 is 19.0. The SMILES string of the molecule is Cc1ccc(S(=O)(=O)N(CC(=O)N(Cc2ccc(Cl)cc2Cl)[C@H](C)C(=O)NC2CCCCC2)c2cccc(Cl)c2C)cc1.